The van der Waals surface area contributed by atoms with Crippen LogP contribution in [-0.4, -0.2) is 53.8 Å². The van der Waals surface area contributed by atoms with Crippen LogP contribution in [0, 0.1) is 11.7 Å². The second-order valence-electron chi connectivity index (χ2n) is 8.50. The van der Waals surface area contributed by atoms with E-state index in [2.05, 4.69) is 10.2 Å². The number of carbonyl (C=O) groups is 2. The van der Waals surface area contributed by atoms with E-state index in [0.29, 0.717) is 38.6 Å². The highest BCUT2D eigenvalue weighted by molar-refractivity contribution is 5.94. The predicted molar refractivity (Wildman–Crippen MR) is 118 cm³/mol. The Balaban J connectivity index is 1.39. The van der Waals surface area contributed by atoms with Crippen molar-refractivity contribution in [2.45, 2.75) is 38.3 Å². The van der Waals surface area contributed by atoms with E-state index in [1.54, 1.807) is 17.0 Å². The second kappa shape index (κ2) is 10.1. The van der Waals surface area contributed by atoms with Crippen molar-refractivity contribution in [2.24, 2.45) is 5.92 Å². The third kappa shape index (κ3) is 5.13. The molecule has 0 aromatic heterocycles. The van der Waals surface area contributed by atoms with E-state index in [1.807, 2.05) is 30.3 Å². The van der Waals surface area contributed by atoms with E-state index in [9.17, 15) is 14.0 Å². The fraction of sp³-hybridized carbons (Fsp3) is 0.440. The molecule has 2 aromatic rings. The lowest BCUT2D eigenvalue weighted by Gasteiger charge is -2.40. The summed E-state index contributed by atoms with van der Waals surface area (Å²) < 4.78 is 14.0. The first-order valence-electron chi connectivity index (χ1n) is 11.2. The van der Waals surface area contributed by atoms with Crippen LogP contribution in [0.5, 0.6) is 0 Å². The van der Waals surface area contributed by atoms with E-state index in [0.717, 1.165) is 18.4 Å². The molecular weight excluding hydrogens is 393 g/mol. The number of benzene rings is 2. The molecule has 5 nitrogen and oxygen atoms in total. The van der Waals surface area contributed by atoms with E-state index in [-0.39, 0.29) is 23.4 Å². The molecule has 1 atom stereocenters. The van der Waals surface area contributed by atoms with Crippen LogP contribution in [-0.2, 0) is 11.3 Å². The number of amides is 2. The fourth-order valence-electron chi connectivity index (χ4n) is 4.85. The SMILES string of the molecule is O=C(NCc1ccccc1)C(C1CCCC1)N1CCN(C(=O)c2ccccc2F)CC1. The maximum atomic E-state index is 14.0. The largest absolute Gasteiger partial charge is 0.351 e. The highest BCUT2D eigenvalue weighted by Gasteiger charge is 2.37. The molecule has 1 heterocycles. The van der Waals surface area contributed by atoms with Gasteiger partial charge in [0, 0.05) is 32.7 Å². The molecule has 0 bridgehead atoms. The molecule has 1 saturated heterocycles. The summed E-state index contributed by atoms with van der Waals surface area (Å²) in [7, 11) is 0. The molecule has 0 spiro atoms. The quantitative estimate of drug-likeness (QED) is 0.774. The van der Waals surface area contributed by atoms with Crippen molar-refractivity contribution in [1.29, 1.82) is 0 Å². The molecule has 1 aliphatic carbocycles. The molecule has 0 radical (unpaired) electrons. The Hall–Kier alpha value is -2.73. The van der Waals surface area contributed by atoms with E-state index >= 15 is 0 Å². The Kier molecular flexibility index (Phi) is 6.97. The third-order valence-electron chi connectivity index (χ3n) is 6.52. The molecule has 1 unspecified atom stereocenters. The maximum Gasteiger partial charge on any atom is 0.256 e. The molecule has 164 valence electrons. The van der Waals surface area contributed by atoms with Gasteiger partial charge in [0.2, 0.25) is 5.91 Å². The molecule has 31 heavy (non-hydrogen) atoms. The first kappa shape index (κ1) is 21.5. The van der Waals surface area contributed by atoms with Crippen LogP contribution in [0.4, 0.5) is 4.39 Å². The summed E-state index contributed by atoms with van der Waals surface area (Å²) in [5.74, 6) is -0.336. The van der Waals surface area contributed by atoms with E-state index < -0.39 is 5.82 Å². The van der Waals surface area contributed by atoms with Gasteiger partial charge in [-0.15, -0.1) is 0 Å². The molecule has 2 aliphatic rings. The fourth-order valence-corrected chi connectivity index (χ4v) is 4.85. The summed E-state index contributed by atoms with van der Waals surface area (Å²) in [5.41, 5.74) is 1.20. The number of hydrogen-bond acceptors (Lipinski definition) is 3. The zero-order chi connectivity index (χ0) is 21.6. The summed E-state index contributed by atoms with van der Waals surface area (Å²) >= 11 is 0. The molecule has 1 N–H and O–H groups in total. The van der Waals surface area contributed by atoms with Crippen LogP contribution >= 0.6 is 0 Å². The Morgan fingerprint density at radius 3 is 2.26 bits per heavy atom. The van der Waals surface area contributed by atoms with Gasteiger partial charge in [0.1, 0.15) is 5.82 Å². The number of piperazine rings is 1. The summed E-state index contributed by atoms with van der Waals surface area (Å²) in [6, 6.07) is 15.9. The van der Waals surface area contributed by atoms with Crippen LogP contribution < -0.4 is 5.32 Å². The van der Waals surface area contributed by atoms with Gasteiger partial charge in [0.25, 0.3) is 5.91 Å². The van der Waals surface area contributed by atoms with Gasteiger partial charge < -0.3 is 10.2 Å². The Bertz CT molecular complexity index is 891. The van der Waals surface area contributed by atoms with Crippen molar-refractivity contribution in [2.75, 3.05) is 26.2 Å². The van der Waals surface area contributed by atoms with Gasteiger partial charge in [-0.3, -0.25) is 14.5 Å². The van der Waals surface area contributed by atoms with Gasteiger partial charge in [0.05, 0.1) is 11.6 Å². The highest BCUT2D eigenvalue weighted by Crippen LogP contribution is 2.31. The van der Waals surface area contributed by atoms with E-state index in [1.165, 1.54) is 25.0 Å². The number of halogens is 1. The number of hydrogen-bond donors (Lipinski definition) is 1. The van der Waals surface area contributed by atoms with Crippen LogP contribution in [0.3, 0.4) is 0 Å². The van der Waals surface area contributed by atoms with Crippen molar-refractivity contribution >= 4 is 11.8 Å². The molecule has 1 saturated carbocycles. The third-order valence-corrected chi connectivity index (χ3v) is 6.52. The molecule has 2 fully saturated rings. The van der Waals surface area contributed by atoms with Crippen molar-refractivity contribution in [3.63, 3.8) is 0 Å². The Morgan fingerprint density at radius 1 is 0.935 bits per heavy atom. The lowest BCUT2D eigenvalue weighted by atomic mass is 9.94. The topological polar surface area (TPSA) is 52.7 Å². The lowest BCUT2D eigenvalue weighted by molar-refractivity contribution is -0.129. The predicted octanol–water partition coefficient (Wildman–Crippen LogP) is 3.46. The molecule has 1 aliphatic heterocycles. The average molecular weight is 424 g/mol. The zero-order valence-electron chi connectivity index (χ0n) is 17.8. The van der Waals surface area contributed by atoms with Crippen molar-refractivity contribution in [1.82, 2.24) is 15.1 Å². The first-order valence-corrected chi connectivity index (χ1v) is 11.2. The molecule has 2 aromatic carbocycles. The summed E-state index contributed by atoms with van der Waals surface area (Å²) in [6.45, 7) is 2.78. The summed E-state index contributed by atoms with van der Waals surface area (Å²) in [6.07, 6.45) is 4.47. The van der Waals surface area contributed by atoms with Gasteiger partial charge in [-0.1, -0.05) is 55.3 Å². The van der Waals surface area contributed by atoms with Crippen molar-refractivity contribution in [3.8, 4) is 0 Å². The van der Waals surface area contributed by atoms with Crippen molar-refractivity contribution < 1.29 is 14.0 Å². The highest BCUT2D eigenvalue weighted by atomic mass is 19.1. The second-order valence-corrected chi connectivity index (χ2v) is 8.50. The lowest BCUT2D eigenvalue weighted by Crippen LogP contribution is -2.58. The Labute approximate surface area is 183 Å². The minimum atomic E-state index is -0.487. The van der Waals surface area contributed by atoms with Gasteiger partial charge in [0.15, 0.2) is 0 Å². The van der Waals surface area contributed by atoms with Crippen LogP contribution in [0.1, 0.15) is 41.6 Å². The molecule has 2 amide bonds. The average Bonchev–Trinajstić information content (AvgIpc) is 3.33. The van der Waals surface area contributed by atoms with Crippen LogP contribution in [0.15, 0.2) is 54.6 Å². The van der Waals surface area contributed by atoms with Crippen LogP contribution in [0.2, 0.25) is 0 Å². The smallest absolute Gasteiger partial charge is 0.256 e. The van der Waals surface area contributed by atoms with Crippen LogP contribution in [0.25, 0.3) is 0 Å². The standard InChI is InChI=1S/C25H30FN3O2/c26-22-13-7-6-12-21(22)25(31)29-16-14-28(15-17-29)23(20-10-4-5-11-20)24(30)27-18-19-8-2-1-3-9-19/h1-3,6-9,12-13,20,23H,4-5,10-11,14-18H2,(H,27,30). The van der Waals surface area contributed by atoms with Gasteiger partial charge in [-0.25, -0.2) is 4.39 Å². The Morgan fingerprint density at radius 2 is 1.58 bits per heavy atom. The number of carbonyl (C=O) groups excluding carboxylic acids is 2. The van der Waals surface area contributed by atoms with Gasteiger partial charge in [-0.2, -0.15) is 0 Å². The van der Waals surface area contributed by atoms with Gasteiger partial charge >= 0.3 is 0 Å². The first-order chi connectivity index (χ1) is 15.1. The zero-order valence-corrected chi connectivity index (χ0v) is 17.8. The normalized spacial score (nSPS) is 18.7. The number of nitrogens with one attached hydrogen (secondary N) is 1. The van der Waals surface area contributed by atoms with Gasteiger partial charge in [-0.05, 0) is 36.5 Å². The van der Waals surface area contributed by atoms with E-state index in [4.69, 9.17) is 0 Å². The monoisotopic (exact) mass is 423 g/mol. The minimum absolute atomic E-state index is 0.0737. The summed E-state index contributed by atoms with van der Waals surface area (Å²) in [5, 5.41) is 3.13. The minimum Gasteiger partial charge on any atom is -0.351 e. The maximum absolute atomic E-state index is 14.0. The number of nitrogens with zero attached hydrogens (tertiary/aromatic N) is 2. The molecule has 4 rings (SSSR count). The number of rotatable bonds is 6. The molecule has 6 heteroatoms. The summed E-state index contributed by atoms with van der Waals surface area (Å²) in [4.78, 5) is 29.9. The van der Waals surface area contributed by atoms with Crippen molar-refractivity contribution in [3.05, 3.63) is 71.5 Å². The molecular formula is C25H30FN3O2.